The molecule has 0 bridgehead atoms. The van der Waals surface area contributed by atoms with Gasteiger partial charge in [-0.25, -0.2) is 9.38 Å². The van der Waals surface area contributed by atoms with Gasteiger partial charge in [0.15, 0.2) is 16.5 Å². The lowest BCUT2D eigenvalue weighted by Crippen LogP contribution is -2.22. The second-order valence-corrected chi connectivity index (χ2v) is 9.73. The molecule has 0 atom stereocenters. The van der Waals surface area contributed by atoms with Crippen molar-refractivity contribution in [2.24, 2.45) is 0 Å². The summed E-state index contributed by atoms with van der Waals surface area (Å²) in [4.78, 5) is 19.5. The zero-order chi connectivity index (χ0) is 22.8. The van der Waals surface area contributed by atoms with Gasteiger partial charge in [-0.1, -0.05) is 47.2 Å². The smallest absolute Gasteiger partial charge is 0.274 e. The Bertz CT molecular complexity index is 1540. The lowest BCUT2D eigenvalue weighted by Gasteiger charge is -2.11. The van der Waals surface area contributed by atoms with E-state index >= 15 is 0 Å². The number of benzene rings is 3. The predicted octanol–water partition coefficient (Wildman–Crippen LogP) is 4.95. The minimum absolute atomic E-state index is 0.0591. The van der Waals surface area contributed by atoms with Crippen LogP contribution in [0.15, 0.2) is 76.4 Å². The third kappa shape index (κ3) is 4.47. The highest BCUT2D eigenvalue weighted by Crippen LogP contribution is 2.29. The van der Waals surface area contributed by atoms with Gasteiger partial charge in [0.2, 0.25) is 0 Å². The molecule has 33 heavy (non-hydrogen) atoms. The van der Waals surface area contributed by atoms with Crippen LogP contribution in [0.3, 0.4) is 0 Å². The lowest BCUT2D eigenvalue weighted by atomic mass is 10.2. The first-order chi connectivity index (χ1) is 16.1. The number of thiazole rings is 1. The average molecular weight is 475 g/mol. The van der Waals surface area contributed by atoms with Gasteiger partial charge in [0, 0.05) is 10.6 Å². The fourth-order valence-electron chi connectivity index (χ4n) is 3.60. The van der Waals surface area contributed by atoms with Crippen molar-refractivity contribution in [3.05, 3.63) is 92.7 Å². The number of ether oxygens (including phenoxy) is 2. The van der Waals surface area contributed by atoms with Gasteiger partial charge in [0.05, 0.1) is 29.3 Å². The number of rotatable bonds is 7. The summed E-state index contributed by atoms with van der Waals surface area (Å²) in [5.74, 6) is 2.17. The molecule has 0 N–H and O–H groups in total. The number of aryl methyl sites for hydroxylation is 1. The molecule has 0 fully saturated rings. The summed E-state index contributed by atoms with van der Waals surface area (Å²) in [6.07, 6.45) is 1.87. The van der Waals surface area contributed by atoms with E-state index in [0.29, 0.717) is 27.6 Å². The normalized spacial score (nSPS) is 12.0. The number of hydrogen-bond acceptors (Lipinski definition) is 6. The van der Waals surface area contributed by atoms with E-state index in [2.05, 4.69) is 36.2 Å². The van der Waals surface area contributed by atoms with E-state index < -0.39 is 0 Å². The first-order valence-electron chi connectivity index (χ1n) is 10.5. The molecule has 5 aromatic rings. The van der Waals surface area contributed by atoms with Crippen molar-refractivity contribution in [3.8, 4) is 11.5 Å². The van der Waals surface area contributed by atoms with E-state index in [1.807, 2.05) is 48.5 Å². The first kappa shape index (κ1) is 21.6. The minimum atomic E-state index is -0.0591. The van der Waals surface area contributed by atoms with Gasteiger partial charge < -0.3 is 9.47 Å². The number of fused-ring (bicyclic) bond motifs is 3. The summed E-state index contributed by atoms with van der Waals surface area (Å²) in [5, 5.41) is 0. The molecule has 0 amide bonds. The Kier molecular flexibility index (Phi) is 6.07. The molecule has 0 saturated carbocycles. The molecule has 0 spiro atoms. The molecule has 166 valence electrons. The second-order valence-electron chi connectivity index (χ2n) is 7.55. The fraction of sp³-hybridized carbons (Fsp3) is 0.154. The average Bonchev–Trinajstić information content (AvgIpc) is 3.34. The van der Waals surface area contributed by atoms with E-state index in [4.69, 9.17) is 9.47 Å². The molecular weight excluding hydrogens is 452 g/mol. The van der Waals surface area contributed by atoms with E-state index in [9.17, 15) is 4.79 Å². The van der Waals surface area contributed by atoms with Crippen LogP contribution in [0.1, 0.15) is 11.1 Å². The van der Waals surface area contributed by atoms with Gasteiger partial charge in [0.1, 0.15) is 0 Å². The Morgan fingerprint density at radius 1 is 1.06 bits per heavy atom. The topological polar surface area (TPSA) is 52.8 Å². The summed E-state index contributed by atoms with van der Waals surface area (Å²) in [6.45, 7) is 2.65. The maximum absolute atomic E-state index is 13.0. The molecule has 2 heterocycles. The second kappa shape index (κ2) is 9.29. The SMILES string of the molecule is COc1cc(C=c2sc3nc4ccccc4n3c2=O)ccc1OCCSc1ccc(C)cc1. The van der Waals surface area contributed by atoms with E-state index in [-0.39, 0.29) is 5.56 Å². The van der Waals surface area contributed by atoms with Crippen molar-refractivity contribution in [2.75, 3.05) is 19.5 Å². The van der Waals surface area contributed by atoms with Crippen LogP contribution in [0, 0.1) is 6.92 Å². The highest BCUT2D eigenvalue weighted by Gasteiger charge is 2.11. The van der Waals surface area contributed by atoms with Crippen LogP contribution in [0.5, 0.6) is 11.5 Å². The minimum Gasteiger partial charge on any atom is -0.493 e. The van der Waals surface area contributed by atoms with Crippen LogP contribution >= 0.6 is 23.1 Å². The van der Waals surface area contributed by atoms with Crippen molar-refractivity contribution < 1.29 is 9.47 Å². The standard InChI is InChI=1S/C26H22N2O3S2/c1-17-7-10-19(11-8-17)32-14-13-31-22-12-9-18(15-23(22)30-2)16-24-25(29)28-21-6-4-3-5-20(21)27-26(28)33-24/h3-12,15-16H,13-14H2,1-2H3. The Labute approximate surface area is 199 Å². The van der Waals surface area contributed by atoms with E-state index in [0.717, 1.165) is 22.3 Å². The van der Waals surface area contributed by atoms with Gasteiger partial charge in [-0.2, -0.15) is 0 Å². The van der Waals surface area contributed by atoms with Gasteiger partial charge in [-0.15, -0.1) is 11.8 Å². The lowest BCUT2D eigenvalue weighted by molar-refractivity contribution is 0.313. The molecule has 5 rings (SSSR count). The summed E-state index contributed by atoms with van der Waals surface area (Å²) in [6, 6.07) is 21.9. The monoisotopic (exact) mass is 474 g/mol. The van der Waals surface area contributed by atoms with Gasteiger partial charge in [-0.05, 0) is 55.0 Å². The molecule has 0 aliphatic heterocycles. The molecular formula is C26H22N2O3S2. The van der Waals surface area contributed by atoms with Gasteiger partial charge in [-0.3, -0.25) is 4.79 Å². The van der Waals surface area contributed by atoms with Crippen LogP contribution in [-0.2, 0) is 0 Å². The first-order valence-corrected chi connectivity index (χ1v) is 12.3. The van der Waals surface area contributed by atoms with Crippen molar-refractivity contribution >= 4 is 45.2 Å². The number of imidazole rings is 1. The van der Waals surface area contributed by atoms with E-state index in [1.165, 1.54) is 21.8 Å². The summed E-state index contributed by atoms with van der Waals surface area (Å²) < 4.78 is 13.8. The van der Waals surface area contributed by atoms with Crippen molar-refractivity contribution in [2.45, 2.75) is 11.8 Å². The molecule has 0 radical (unpaired) electrons. The maximum Gasteiger partial charge on any atom is 0.274 e. The Morgan fingerprint density at radius 2 is 1.88 bits per heavy atom. The Morgan fingerprint density at radius 3 is 2.70 bits per heavy atom. The maximum atomic E-state index is 13.0. The number of methoxy groups -OCH3 is 1. The van der Waals surface area contributed by atoms with E-state index in [1.54, 1.807) is 23.3 Å². The van der Waals surface area contributed by atoms with Crippen LogP contribution in [0.2, 0.25) is 0 Å². The third-order valence-electron chi connectivity index (χ3n) is 5.26. The number of nitrogens with zero attached hydrogens (tertiary/aromatic N) is 2. The third-order valence-corrected chi connectivity index (χ3v) is 7.21. The zero-order valence-electron chi connectivity index (χ0n) is 18.3. The van der Waals surface area contributed by atoms with Crippen molar-refractivity contribution in [3.63, 3.8) is 0 Å². The van der Waals surface area contributed by atoms with Crippen LogP contribution in [0.4, 0.5) is 0 Å². The highest BCUT2D eigenvalue weighted by molar-refractivity contribution is 7.99. The van der Waals surface area contributed by atoms with Gasteiger partial charge >= 0.3 is 0 Å². The quantitative estimate of drug-likeness (QED) is 0.247. The molecule has 2 aromatic heterocycles. The van der Waals surface area contributed by atoms with Crippen molar-refractivity contribution in [1.29, 1.82) is 0 Å². The Balaban J connectivity index is 1.33. The predicted molar refractivity (Wildman–Crippen MR) is 136 cm³/mol. The molecule has 0 aliphatic carbocycles. The molecule has 0 unspecified atom stereocenters. The highest BCUT2D eigenvalue weighted by atomic mass is 32.2. The molecule has 5 nitrogen and oxygen atoms in total. The van der Waals surface area contributed by atoms with Crippen molar-refractivity contribution in [1.82, 2.24) is 9.38 Å². The fourth-order valence-corrected chi connectivity index (χ4v) is 5.32. The molecule has 0 aliphatic rings. The number of hydrogen-bond donors (Lipinski definition) is 0. The Hall–Kier alpha value is -3.29. The molecule has 3 aromatic carbocycles. The molecule has 7 heteroatoms. The summed E-state index contributed by atoms with van der Waals surface area (Å²) >= 11 is 3.14. The summed E-state index contributed by atoms with van der Waals surface area (Å²) in [5.41, 5.74) is 3.73. The number of thioether (sulfide) groups is 1. The number of aromatic nitrogens is 2. The largest absolute Gasteiger partial charge is 0.493 e. The zero-order valence-corrected chi connectivity index (χ0v) is 19.9. The van der Waals surface area contributed by atoms with Crippen LogP contribution in [0.25, 0.3) is 22.1 Å². The van der Waals surface area contributed by atoms with Crippen LogP contribution < -0.4 is 19.6 Å². The van der Waals surface area contributed by atoms with Gasteiger partial charge in [0.25, 0.3) is 5.56 Å². The number of para-hydroxylation sites is 2. The summed E-state index contributed by atoms with van der Waals surface area (Å²) in [7, 11) is 1.62. The molecule has 0 saturated heterocycles. The van der Waals surface area contributed by atoms with Crippen LogP contribution in [-0.4, -0.2) is 28.9 Å².